The highest BCUT2D eigenvalue weighted by molar-refractivity contribution is 7.17. The normalized spacial score (nSPS) is 18.5. The van der Waals surface area contributed by atoms with Crippen LogP contribution in [0.2, 0.25) is 5.02 Å². The first-order valence-electron chi connectivity index (χ1n) is 9.54. The van der Waals surface area contributed by atoms with E-state index in [4.69, 9.17) is 11.6 Å². The summed E-state index contributed by atoms with van der Waals surface area (Å²) >= 11 is 8.22. The zero-order valence-corrected chi connectivity index (χ0v) is 16.8. The molecule has 2 saturated heterocycles. The predicted octanol–water partition coefficient (Wildman–Crippen LogP) is 5.08. The molecule has 1 N–H and O–H groups in total. The summed E-state index contributed by atoms with van der Waals surface area (Å²) in [7, 11) is 0. The minimum atomic E-state index is 0.179. The minimum absolute atomic E-state index is 0.179. The number of likely N-dealkylation sites (tertiary alicyclic amines) is 1. The topological polar surface area (TPSA) is 32.3 Å². The highest BCUT2D eigenvalue weighted by Crippen LogP contribution is 2.38. The third kappa shape index (κ3) is 3.55. The van der Waals surface area contributed by atoms with Gasteiger partial charge in [-0.2, -0.15) is 0 Å². The minimum Gasteiger partial charge on any atom is -0.338 e. The quantitative estimate of drug-likeness (QED) is 0.795. The molecule has 3 nitrogen and oxygen atoms in total. The number of thiophene rings is 1. The monoisotopic (exact) mass is 388 g/mol. The number of carbonyl (C=O) groups is 1. The lowest BCUT2D eigenvalue weighted by Crippen LogP contribution is -2.27. The van der Waals surface area contributed by atoms with Crippen LogP contribution >= 0.6 is 22.9 Å². The Labute approximate surface area is 164 Å². The number of rotatable bonds is 3. The average Bonchev–Trinajstić information content (AvgIpc) is 3.32. The molecular weight excluding hydrogens is 364 g/mol. The number of hydrogen-bond acceptors (Lipinski definition) is 3. The van der Waals surface area contributed by atoms with Gasteiger partial charge in [-0.05, 0) is 74.9 Å². The zero-order valence-electron chi connectivity index (χ0n) is 15.2. The van der Waals surface area contributed by atoms with Crippen molar-refractivity contribution in [2.45, 2.75) is 38.5 Å². The number of halogens is 1. The van der Waals surface area contributed by atoms with Gasteiger partial charge in [0.05, 0.1) is 4.88 Å². The van der Waals surface area contributed by atoms with Gasteiger partial charge in [0.25, 0.3) is 5.91 Å². The summed E-state index contributed by atoms with van der Waals surface area (Å²) in [6, 6.07) is 8.59. The molecule has 2 aromatic rings. The Hall–Kier alpha value is -1.36. The molecule has 2 fully saturated rings. The summed E-state index contributed by atoms with van der Waals surface area (Å²) in [5, 5.41) is 4.21. The lowest BCUT2D eigenvalue weighted by molar-refractivity contribution is 0.0797. The van der Waals surface area contributed by atoms with Crippen molar-refractivity contribution >= 4 is 28.8 Å². The molecule has 1 aromatic heterocycles. The number of carbonyl (C=O) groups excluding carboxylic acids is 1. The van der Waals surface area contributed by atoms with Gasteiger partial charge in [0.2, 0.25) is 0 Å². The Morgan fingerprint density at radius 2 is 1.92 bits per heavy atom. The van der Waals surface area contributed by atoms with Crippen LogP contribution < -0.4 is 5.32 Å². The van der Waals surface area contributed by atoms with Crippen molar-refractivity contribution in [3.05, 3.63) is 45.3 Å². The Morgan fingerprint density at radius 1 is 1.19 bits per heavy atom. The van der Waals surface area contributed by atoms with Gasteiger partial charge >= 0.3 is 0 Å². The molecule has 2 aliphatic rings. The SMILES string of the molecule is Cc1cc(-c2ccc(C3CCNCC3)cc2Cl)sc1C(=O)N1CCCC1. The van der Waals surface area contributed by atoms with Gasteiger partial charge in [-0.15, -0.1) is 11.3 Å². The summed E-state index contributed by atoms with van der Waals surface area (Å²) in [4.78, 5) is 16.7. The van der Waals surface area contributed by atoms with Crippen LogP contribution in [0.5, 0.6) is 0 Å². The molecule has 2 aliphatic heterocycles. The molecule has 0 bridgehead atoms. The Balaban J connectivity index is 1.59. The standard InChI is InChI=1S/C21H25ClN2OS/c1-14-12-19(26-20(14)21(25)24-10-2-3-11-24)17-5-4-16(13-18(17)22)15-6-8-23-9-7-15/h4-5,12-13,15,23H,2-3,6-11H2,1H3. The molecule has 0 atom stereocenters. The van der Waals surface area contributed by atoms with Gasteiger partial charge in [-0.3, -0.25) is 4.79 Å². The summed E-state index contributed by atoms with van der Waals surface area (Å²) in [6.07, 6.45) is 4.57. The molecule has 5 heteroatoms. The largest absolute Gasteiger partial charge is 0.338 e. The number of hydrogen-bond donors (Lipinski definition) is 1. The highest BCUT2D eigenvalue weighted by Gasteiger charge is 2.24. The van der Waals surface area contributed by atoms with E-state index in [-0.39, 0.29) is 5.91 Å². The van der Waals surface area contributed by atoms with E-state index in [0.29, 0.717) is 5.92 Å². The molecule has 4 rings (SSSR count). The second kappa shape index (κ2) is 7.71. The molecule has 0 unspecified atom stereocenters. The van der Waals surface area contributed by atoms with E-state index >= 15 is 0 Å². The van der Waals surface area contributed by atoms with Gasteiger partial charge < -0.3 is 10.2 Å². The van der Waals surface area contributed by atoms with Crippen LogP contribution in [0.25, 0.3) is 10.4 Å². The lowest BCUT2D eigenvalue weighted by Gasteiger charge is -2.23. The number of amides is 1. The maximum absolute atomic E-state index is 12.8. The second-order valence-corrected chi connectivity index (χ2v) is 8.85. The third-order valence-electron chi connectivity index (χ3n) is 5.57. The van der Waals surface area contributed by atoms with Crippen molar-refractivity contribution < 1.29 is 4.79 Å². The fraction of sp³-hybridized carbons (Fsp3) is 0.476. The van der Waals surface area contributed by atoms with Gasteiger partial charge in [0, 0.05) is 28.6 Å². The maximum atomic E-state index is 12.8. The van der Waals surface area contributed by atoms with Crippen LogP contribution in [-0.4, -0.2) is 37.0 Å². The maximum Gasteiger partial charge on any atom is 0.264 e. The highest BCUT2D eigenvalue weighted by atomic mass is 35.5. The Morgan fingerprint density at radius 3 is 2.62 bits per heavy atom. The second-order valence-electron chi connectivity index (χ2n) is 7.39. The first kappa shape index (κ1) is 18.0. The van der Waals surface area contributed by atoms with Crippen LogP contribution in [0.1, 0.15) is 52.4 Å². The molecule has 0 aliphatic carbocycles. The first-order chi connectivity index (χ1) is 12.6. The molecule has 1 aromatic carbocycles. The van der Waals surface area contributed by atoms with E-state index in [1.165, 1.54) is 18.4 Å². The summed E-state index contributed by atoms with van der Waals surface area (Å²) in [6.45, 7) is 5.96. The Bertz CT molecular complexity index is 804. The zero-order chi connectivity index (χ0) is 18.1. The van der Waals surface area contributed by atoms with E-state index in [1.807, 2.05) is 11.8 Å². The molecule has 0 saturated carbocycles. The first-order valence-corrected chi connectivity index (χ1v) is 10.7. The Kier molecular flexibility index (Phi) is 5.35. The van der Waals surface area contributed by atoms with Gasteiger partial charge in [0.1, 0.15) is 0 Å². The summed E-state index contributed by atoms with van der Waals surface area (Å²) in [5.41, 5.74) is 3.43. The predicted molar refractivity (Wildman–Crippen MR) is 109 cm³/mol. The van der Waals surface area contributed by atoms with E-state index in [1.54, 1.807) is 11.3 Å². The fourth-order valence-corrected chi connectivity index (χ4v) is 5.56. The molecule has 26 heavy (non-hydrogen) atoms. The summed E-state index contributed by atoms with van der Waals surface area (Å²) in [5.74, 6) is 0.777. The van der Waals surface area contributed by atoms with Crippen molar-refractivity contribution in [3.63, 3.8) is 0 Å². The van der Waals surface area contributed by atoms with Crippen molar-refractivity contribution in [3.8, 4) is 10.4 Å². The fourth-order valence-electron chi connectivity index (χ4n) is 4.03. The number of piperidine rings is 1. The molecule has 0 radical (unpaired) electrons. The van der Waals surface area contributed by atoms with Crippen LogP contribution in [0.4, 0.5) is 0 Å². The number of benzene rings is 1. The van der Waals surface area contributed by atoms with Crippen LogP contribution in [-0.2, 0) is 0 Å². The summed E-state index contributed by atoms with van der Waals surface area (Å²) < 4.78 is 0. The number of nitrogens with one attached hydrogen (secondary N) is 1. The lowest BCUT2D eigenvalue weighted by atomic mass is 9.89. The molecule has 1 amide bonds. The van der Waals surface area contributed by atoms with Gasteiger partial charge in [0.15, 0.2) is 0 Å². The van der Waals surface area contributed by atoms with Crippen molar-refractivity contribution in [2.75, 3.05) is 26.2 Å². The molecule has 138 valence electrons. The van der Waals surface area contributed by atoms with E-state index in [0.717, 1.165) is 64.9 Å². The van der Waals surface area contributed by atoms with Crippen LogP contribution in [0, 0.1) is 6.92 Å². The van der Waals surface area contributed by atoms with E-state index < -0.39 is 0 Å². The number of aryl methyl sites for hydroxylation is 1. The van der Waals surface area contributed by atoms with Crippen LogP contribution in [0.15, 0.2) is 24.3 Å². The van der Waals surface area contributed by atoms with E-state index in [2.05, 4.69) is 29.6 Å². The van der Waals surface area contributed by atoms with Gasteiger partial charge in [-0.1, -0.05) is 23.7 Å². The average molecular weight is 389 g/mol. The van der Waals surface area contributed by atoms with Crippen molar-refractivity contribution in [1.29, 1.82) is 0 Å². The van der Waals surface area contributed by atoms with Crippen LogP contribution in [0.3, 0.4) is 0 Å². The smallest absolute Gasteiger partial charge is 0.264 e. The van der Waals surface area contributed by atoms with Crippen molar-refractivity contribution in [2.24, 2.45) is 0 Å². The number of nitrogens with zero attached hydrogens (tertiary/aromatic N) is 1. The van der Waals surface area contributed by atoms with E-state index in [9.17, 15) is 4.79 Å². The van der Waals surface area contributed by atoms with Crippen molar-refractivity contribution in [1.82, 2.24) is 10.2 Å². The van der Waals surface area contributed by atoms with Gasteiger partial charge in [-0.25, -0.2) is 0 Å². The molecule has 3 heterocycles. The molecular formula is C21H25ClN2OS. The third-order valence-corrected chi connectivity index (χ3v) is 7.15. The molecule has 0 spiro atoms.